The van der Waals surface area contributed by atoms with Crippen LogP contribution in [0.2, 0.25) is 0 Å². The zero-order chi connectivity index (χ0) is 23.4. The Labute approximate surface area is 194 Å². The summed E-state index contributed by atoms with van der Waals surface area (Å²) < 4.78 is 10.4. The van der Waals surface area contributed by atoms with Gasteiger partial charge < -0.3 is 25.0 Å². The SMILES string of the molecule is CNC(=O)c1ccccc1NC(=O)Nc1nc2c(s1)CN(c1cc(OC)nc(OC)n1)CC2. The molecule has 11 nitrogen and oxygen atoms in total. The zero-order valence-corrected chi connectivity index (χ0v) is 19.2. The molecule has 33 heavy (non-hydrogen) atoms. The Hall–Kier alpha value is -3.93. The number of anilines is 3. The number of methoxy groups -OCH3 is 2. The van der Waals surface area contributed by atoms with Crippen molar-refractivity contribution >= 4 is 39.9 Å². The van der Waals surface area contributed by atoms with Crippen molar-refractivity contribution in [2.24, 2.45) is 0 Å². The molecule has 1 aromatic carbocycles. The van der Waals surface area contributed by atoms with Crippen LogP contribution in [0.5, 0.6) is 11.9 Å². The second-order valence-corrected chi connectivity index (χ2v) is 8.10. The number of amides is 3. The van der Waals surface area contributed by atoms with E-state index in [2.05, 4.69) is 35.8 Å². The molecule has 0 radical (unpaired) electrons. The Morgan fingerprint density at radius 2 is 1.91 bits per heavy atom. The predicted octanol–water partition coefficient (Wildman–Crippen LogP) is 2.52. The van der Waals surface area contributed by atoms with Crippen molar-refractivity contribution in [2.45, 2.75) is 13.0 Å². The molecule has 1 aliphatic rings. The number of hydrogen-bond donors (Lipinski definition) is 3. The van der Waals surface area contributed by atoms with Gasteiger partial charge in [0, 0.05) is 31.0 Å². The lowest BCUT2D eigenvalue weighted by molar-refractivity contribution is 0.0964. The standard InChI is InChI=1S/C21H23N7O4S/c1-22-18(29)12-6-4-5-7-13(12)23-19(30)27-21-24-14-8-9-28(11-15(14)33-21)16-10-17(31-2)26-20(25-16)32-3/h4-7,10H,8-9,11H2,1-3H3,(H,22,29)(H2,23,24,27,30). The van der Waals surface area contributed by atoms with Crippen LogP contribution >= 0.6 is 11.3 Å². The zero-order valence-electron chi connectivity index (χ0n) is 18.3. The molecule has 3 N–H and O–H groups in total. The molecule has 0 fully saturated rings. The van der Waals surface area contributed by atoms with E-state index in [0.717, 1.165) is 10.6 Å². The number of fused-ring (bicyclic) bond motifs is 1. The van der Waals surface area contributed by atoms with Crippen LogP contribution < -0.4 is 30.3 Å². The third kappa shape index (κ3) is 4.95. The molecular weight excluding hydrogens is 446 g/mol. The smallest absolute Gasteiger partial charge is 0.325 e. The third-order valence-corrected chi connectivity index (χ3v) is 5.98. The van der Waals surface area contributed by atoms with E-state index in [1.165, 1.54) is 25.5 Å². The number of nitrogens with zero attached hydrogens (tertiary/aromatic N) is 4. The van der Waals surface area contributed by atoms with Crippen molar-refractivity contribution in [1.29, 1.82) is 0 Å². The average molecular weight is 470 g/mol. The maximum absolute atomic E-state index is 12.5. The summed E-state index contributed by atoms with van der Waals surface area (Å²) in [7, 11) is 4.58. The Morgan fingerprint density at radius 1 is 1.09 bits per heavy atom. The summed E-state index contributed by atoms with van der Waals surface area (Å²) in [5.41, 5.74) is 1.72. The number of ether oxygens (including phenoxy) is 2. The molecule has 3 aromatic rings. The molecule has 172 valence electrons. The van der Waals surface area contributed by atoms with Crippen LogP contribution in [-0.4, -0.2) is 54.7 Å². The van der Waals surface area contributed by atoms with E-state index in [9.17, 15) is 9.59 Å². The van der Waals surface area contributed by atoms with Crippen LogP contribution in [0.3, 0.4) is 0 Å². The van der Waals surface area contributed by atoms with Crippen LogP contribution in [0.15, 0.2) is 30.3 Å². The minimum atomic E-state index is -0.473. The number of rotatable bonds is 6. The minimum Gasteiger partial charge on any atom is -0.481 e. The molecule has 0 aliphatic carbocycles. The van der Waals surface area contributed by atoms with Crippen LogP contribution in [-0.2, 0) is 13.0 Å². The number of carbonyl (C=O) groups is 2. The van der Waals surface area contributed by atoms with Gasteiger partial charge in [-0.25, -0.2) is 9.78 Å². The van der Waals surface area contributed by atoms with Gasteiger partial charge in [0.15, 0.2) is 5.13 Å². The Kier molecular flexibility index (Phi) is 6.54. The van der Waals surface area contributed by atoms with E-state index in [4.69, 9.17) is 9.47 Å². The summed E-state index contributed by atoms with van der Waals surface area (Å²) in [5, 5.41) is 8.52. The van der Waals surface area contributed by atoms with Gasteiger partial charge in [-0.15, -0.1) is 0 Å². The van der Waals surface area contributed by atoms with Crippen molar-refractivity contribution in [3.05, 3.63) is 46.5 Å². The van der Waals surface area contributed by atoms with Gasteiger partial charge >= 0.3 is 12.0 Å². The molecule has 0 atom stereocenters. The van der Waals surface area contributed by atoms with Crippen LogP contribution in [0.4, 0.5) is 21.4 Å². The summed E-state index contributed by atoms with van der Waals surface area (Å²) in [4.78, 5) is 40.8. The van der Waals surface area contributed by atoms with Gasteiger partial charge in [-0.1, -0.05) is 23.5 Å². The molecule has 1 aliphatic heterocycles. The first-order valence-electron chi connectivity index (χ1n) is 10.1. The highest BCUT2D eigenvalue weighted by atomic mass is 32.1. The van der Waals surface area contributed by atoms with E-state index in [1.807, 2.05) is 0 Å². The molecule has 3 heterocycles. The van der Waals surface area contributed by atoms with E-state index in [1.54, 1.807) is 37.4 Å². The largest absolute Gasteiger partial charge is 0.481 e. The van der Waals surface area contributed by atoms with Gasteiger partial charge in [-0.05, 0) is 12.1 Å². The van der Waals surface area contributed by atoms with Gasteiger partial charge in [-0.2, -0.15) is 9.97 Å². The number of carbonyl (C=O) groups excluding carboxylic acids is 2. The number of nitrogens with one attached hydrogen (secondary N) is 3. The van der Waals surface area contributed by atoms with E-state index < -0.39 is 6.03 Å². The highest BCUT2D eigenvalue weighted by molar-refractivity contribution is 7.15. The first kappa shape index (κ1) is 22.3. The summed E-state index contributed by atoms with van der Waals surface area (Å²) in [6, 6.07) is 8.30. The third-order valence-electron chi connectivity index (χ3n) is 4.98. The van der Waals surface area contributed by atoms with Gasteiger partial charge in [-0.3, -0.25) is 10.1 Å². The molecule has 2 aromatic heterocycles. The fraction of sp³-hybridized carbons (Fsp3) is 0.286. The average Bonchev–Trinajstić information content (AvgIpc) is 3.24. The quantitative estimate of drug-likeness (QED) is 0.502. The fourth-order valence-electron chi connectivity index (χ4n) is 3.37. The van der Waals surface area contributed by atoms with E-state index in [-0.39, 0.29) is 11.9 Å². The van der Waals surface area contributed by atoms with Crippen molar-refractivity contribution in [2.75, 3.05) is 43.3 Å². The monoisotopic (exact) mass is 469 g/mol. The second kappa shape index (κ2) is 9.69. The van der Waals surface area contributed by atoms with E-state index in [0.29, 0.717) is 47.6 Å². The summed E-state index contributed by atoms with van der Waals surface area (Å²) >= 11 is 1.40. The summed E-state index contributed by atoms with van der Waals surface area (Å²) in [6.07, 6.45) is 0.698. The number of benzene rings is 1. The van der Waals surface area contributed by atoms with Crippen LogP contribution in [0.1, 0.15) is 20.9 Å². The maximum Gasteiger partial charge on any atom is 0.325 e. The second-order valence-electron chi connectivity index (χ2n) is 7.02. The Morgan fingerprint density at radius 3 is 2.67 bits per heavy atom. The number of aromatic nitrogens is 3. The number of hydrogen-bond acceptors (Lipinski definition) is 9. The van der Waals surface area contributed by atoms with Gasteiger partial charge in [0.2, 0.25) is 5.88 Å². The number of urea groups is 1. The number of para-hydroxylation sites is 1. The predicted molar refractivity (Wildman–Crippen MR) is 124 cm³/mol. The Balaban J connectivity index is 1.46. The first-order valence-corrected chi connectivity index (χ1v) is 10.9. The molecule has 0 saturated heterocycles. The first-order chi connectivity index (χ1) is 16.0. The van der Waals surface area contributed by atoms with Gasteiger partial charge in [0.1, 0.15) is 5.82 Å². The highest BCUT2D eigenvalue weighted by Gasteiger charge is 2.24. The molecule has 0 saturated carbocycles. The molecule has 4 rings (SSSR count). The molecule has 0 spiro atoms. The van der Waals surface area contributed by atoms with Gasteiger partial charge in [0.25, 0.3) is 5.91 Å². The highest BCUT2D eigenvalue weighted by Crippen LogP contribution is 2.31. The van der Waals surface area contributed by atoms with Crippen molar-refractivity contribution in [1.82, 2.24) is 20.3 Å². The lowest BCUT2D eigenvalue weighted by atomic mass is 10.1. The number of thiazole rings is 1. The topological polar surface area (TPSA) is 131 Å². The van der Waals surface area contributed by atoms with Gasteiger partial charge in [0.05, 0.1) is 37.7 Å². The molecular formula is C21H23N7O4S. The van der Waals surface area contributed by atoms with Crippen molar-refractivity contribution < 1.29 is 19.1 Å². The van der Waals surface area contributed by atoms with E-state index >= 15 is 0 Å². The molecule has 3 amide bonds. The lowest BCUT2D eigenvalue weighted by Crippen LogP contribution is -2.30. The van der Waals surface area contributed by atoms with Crippen LogP contribution in [0, 0.1) is 0 Å². The van der Waals surface area contributed by atoms with Crippen LogP contribution in [0.25, 0.3) is 0 Å². The summed E-state index contributed by atoms with van der Waals surface area (Å²) in [6.45, 7) is 1.28. The summed E-state index contributed by atoms with van der Waals surface area (Å²) in [5.74, 6) is 0.826. The van der Waals surface area contributed by atoms with Crippen molar-refractivity contribution in [3.8, 4) is 11.9 Å². The normalized spacial score (nSPS) is 12.5. The molecule has 12 heteroatoms. The van der Waals surface area contributed by atoms with Crippen molar-refractivity contribution in [3.63, 3.8) is 0 Å². The minimum absolute atomic E-state index is 0.232. The Bertz CT molecular complexity index is 1160. The maximum atomic E-state index is 12.5. The molecule has 0 unspecified atom stereocenters. The fourth-order valence-corrected chi connectivity index (χ4v) is 4.39. The lowest BCUT2D eigenvalue weighted by Gasteiger charge is -2.27. The molecule has 0 bridgehead atoms.